The summed E-state index contributed by atoms with van der Waals surface area (Å²) in [5, 5.41) is 0.506. The van der Waals surface area contributed by atoms with Crippen molar-refractivity contribution in [2.45, 2.75) is 6.42 Å². The van der Waals surface area contributed by atoms with Gasteiger partial charge in [0, 0.05) is 18.8 Å². The van der Waals surface area contributed by atoms with Crippen molar-refractivity contribution in [1.82, 2.24) is 4.98 Å². The number of halogens is 1. The second-order valence-electron chi connectivity index (χ2n) is 3.94. The highest BCUT2D eigenvalue weighted by atomic mass is 35.5. The van der Waals surface area contributed by atoms with Gasteiger partial charge in [-0.15, -0.1) is 0 Å². The van der Waals surface area contributed by atoms with Gasteiger partial charge in [0.15, 0.2) is 0 Å². The van der Waals surface area contributed by atoms with Crippen molar-refractivity contribution >= 4 is 28.8 Å². The Morgan fingerprint density at radius 1 is 1.32 bits per heavy atom. The Kier molecular flexibility index (Phi) is 4.71. The third-order valence-electron chi connectivity index (χ3n) is 2.59. The number of hydrogen-bond acceptors (Lipinski definition) is 3. The maximum atomic E-state index is 6.06. The van der Waals surface area contributed by atoms with Gasteiger partial charge < -0.3 is 10.5 Å². The zero-order valence-electron chi connectivity index (χ0n) is 10.2. The molecule has 0 bridgehead atoms. The van der Waals surface area contributed by atoms with E-state index < -0.39 is 0 Å². The number of pyridine rings is 1. The van der Waals surface area contributed by atoms with Crippen molar-refractivity contribution in [2.24, 2.45) is 5.73 Å². The summed E-state index contributed by atoms with van der Waals surface area (Å²) in [5.74, 6) is 0.615. The molecule has 0 aliphatic carbocycles. The van der Waals surface area contributed by atoms with Crippen molar-refractivity contribution in [2.75, 3.05) is 6.61 Å². The van der Waals surface area contributed by atoms with Crippen LogP contribution in [0.25, 0.3) is 0 Å². The highest BCUT2D eigenvalue weighted by Crippen LogP contribution is 2.26. The summed E-state index contributed by atoms with van der Waals surface area (Å²) >= 11 is 11.0. The number of benzene rings is 1. The predicted molar refractivity (Wildman–Crippen MR) is 80.8 cm³/mol. The largest absolute Gasteiger partial charge is 0.492 e. The van der Waals surface area contributed by atoms with Crippen LogP contribution in [0.1, 0.15) is 11.1 Å². The Balaban J connectivity index is 2.04. The molecule has 2 N–H and O–H groups in total. The molecule has 3 nitrogen and oxygen atoms in total. The molecule has 1 heterocycles. The molecule has 0 aliphatic rings. The molecule has 0 radical (unpaired) electrons. The van der Waals surface area contributed by atoms with Crippen molar-refractivity contribution in [1.29, 1.82) is 0 Å². The zero-order valence-corrected chi connectivity index (χ0v) is 11.7. The summed E-state index contributed by atoms with van der Waals surface area (Å²) in [6, 6.07) is 9.26. The van der Waals surface area contributed by atoms with Gasteiger partial charge in [0.2, 0.25) is 0 Å². The Labute approximate surface area is 122 Å². The number of hydrogen-bond donors (Lipinski definition) is 1. The Bertz CT molecular complexity index is 575. The molecule has 5 heteroatoms. The van der Waals surface area contributed by atoms with Gasteiger partial charge in [0.1, 0.15) is 10.7 Å². The van der Waals surface area contributed by atoms with Crippen molar-refractivity contribution in [3.63, 3.8) is 0 Å². The topological polar surface area (TPSA) is 48.1 Å². The summed E-state index contributed by atoms with van der Waals surface area (Å²) in [5.41, 5.74) is 7.36. The maximum absolute atomic E-state index is 6.06. The van der Waals surface area contributed by atoms with E-state index in [1.165, 1.54) is 0 Å². The fourth-order valence-corrected chi connectivity index (χ4v) is 2.22. The minimum atomic E-state index is 0.238. The number of nitrogens with zero attached hydrogens (tertiary/aromatic N) is 1. The van der Waals surface area contributed by atoms with Crippen LogP contribution in [0.5, 0.6) is 5.75 Å². The third-order valence-corrected chi connectivity index (χ3v) is 3.11. The molecule has 1 aromatic carbocycles. The van der Waals surface area contributed by atoms with Gasteiger partial charge in [0.25, 0.3) is 0 Å². The minimum Gasteiger partial charge on any atom is -0.492 e. The molecule has 0 spiro atoms. The molecule has 0 fully saturated rings. The molecule has 0 saturated carbocycles. The number of nitrogens with two attached hydrogens (primary N) is 1. The molecule has 19 heavy (non-hydrogen) atoms. The second-order valence-corrected chi connectivity index (χ2v) is 4.78. The van der Waals surface area contributed by atoms with E-state index in [1.807, 2.05) is 30.5 Å². The highest BCUT2D eigenvalue weighted by molar-refractivity contribution is 7.80. The lowest BCUT2D eigenvalue weighted by Crippen LogP contribution is -2.13. The number of rotatable bonds is 5. The first-order chi connectivity index (χ1) is 9.18. The highest BCUT2D eigenvalue weighted by Gasteiger charge is 2.10. The molecular weight excluding hydrogens is 280 g/mol. The van der Waals surface area contributed by atoms with Gasteiger partial charge in [-0.3, -0.25) is 4.98 Å². The van der Waals surface area contributed by atoms with Crippen LogP contribution in [-0.4, -0.2) is 16.6 Å². The number of thiocarbonyl (C=S) groups is 1. The zero-order chi connectivity index (χ0) is 13.7. The lowest BCUT2D eigenvalue weighted by atomic mass is 10.2. The van der Waals surface area contributed by atoms with Gasteiger partial charge >= 0.3 is 0 Å². The SMILES string of the molecule is NC(=S)c1c(Cl)cccc1OCCc1cccnc1. The molecule has 0 unspecified atom stereocenters. The number of aromatic nitrogens is 1. The first-order valence-corrected chi connectivity index (χ1v) is 6.57. The van der Waals surface area contributed by atoms with E-state index in [4.69, 9.17) is 34.3 Å². The van der Waals surface area contributed by atoms with Crippen LogP contribution in [0, 0.1) is 0 Å². The van der Waals surface area contributed by atoms with E-state index in [0.29, 0.717) is 22.9 Å². The molecule has 2 rings (SSSR count). The van der Waals surface area contributed by atoms with E-state index in [9.17, 15) is 0 Å². The van der Waals surface area contributed by atoms with Crippen LogP contribution < -0.4 is 10.5 Å². The standard InChI is InChI=1S/C14H13ClN2OS/c15-11-4-1-5-12(13(11)14(16)19)18-8-6-10-3-2-7-17-9-10/h1-5,7,9H,6,8H2,(H2,16,19). The van der Waals surface area contributed by atoms with E-state index >= 15 is 0 Å². The van der Waals surface area contributed by atoms with Crippen LogP contribution in [0.2, 0.25) is 5.02 Å². The van der Waals surface area contributed by atoms with E-state index in [2.05, 4.69) is 4.98 Å². The van der Waals surface area contributed by atoms with E-state index in [-0.39, 0.29) is 4.99 Å². The summed E-state index contributed by atoms with van der Waals surface area (Å²) in [7, 11) is 0. The molecular formula is C14H13ClN2OS. The monoisotopic (exact) mass is 292 g/mol. The molecule has 1 aromatic heterocycles. The summed E-state index contributed by atoms with van der Waals surface area (Å²) in [6.45, 7) is 0.516. The maximum Gasteiger partial charge on any atom is 0.130 e. The lowest BCUT2D eigenvalue weighted by molar-refractivity contribution is 0.321. The first kappa shape index (κ1) is 13.8. The van der Waals surface area contributed by atoms with E-state index in [0.717, 1.165) is 12.0 Å². The number of ether oxygens (including phenoxy) is 1. The second kappa shape index (κ2) is 6.50. The minimum absolute atomic E-state index is 0.238. The summed E-state index contributed by atoms with van der Waals surface area (Å²) < 4.78 is 5.70. The van der Waals surface area contributed by atoms with Crippen LogP contribution in [0.4, 0.5) is 0 Å². The van der Waals surface area contributed by atoms with Crippen LogP contribution in [-0.2, 0) is 6.42 Å². The molecule has 0 atom stereocenters. The molecule has 2 aromatic rings. The van der Waals surface area contributed by atoms with Gasteiger partial charge in [-0.25, -0.2) is 0 Å². The fraction of sp³-hybridized carbons (Fsp3) is 0.143. The fourth-order valence-electron chi connectivity index (χ4n) is 1.69. The Hall–Kier alpha value is -1.65. The molecule has 98 valence electrons. The summed E-state index contributed by atoms with van der Waals surface area (Å²) in [6.07, 6.45) is 4.32. The van der Waals surface area contributed by atoms with Gasteiger partial charge in [0.05, 0.1) is 17.2 Å². The van der Waals surface area contributed by atoms with Crippen LogP contribution in [0.3, 0.4) is 0 Å². The van der Waals surface area contributed by atoms with Crippen LogP contribution in [0.15, 0.2) is 42.7 Å². The lowest BCUT2D eigenvalue weighted by Gasteiger charge is -2.11. The Morgan fingerprint density at radius 2 is 2.16 bits per heavy atom. The average molecular weight is 293 g/mol. The Morgan fingerprint density at radius 3 is 2.84 bits per heavy atom. The smallest absolute Gasteiger partial charge is 0.130 e. The quantitative estimate of drug-likeness (QED) is 0.861. The van der Waals surface area contributed by atoms with Crippen molar-refractivity contribution in [3.8, 4) is 5.75 Å². The average Bonchev–Trinajstić information content (AvgIpc) is 2.39. The van der Waals surface area contributed by atoms with Gasteiger partial charge in [-0.1, -0.05) is 36.0 Å². The first-order valence-electron chi connectivity index (χ1n) is 5.78. The third kappa shape index (κ3) is 3.66. The molecule has 0 saturated heterocycles. The van der Waals surface area contributed by atoms with Crippen LogP contribution >= 0.6 is 23.8 Å². The normalized spacial score (nSPS) is 10.2. The van der Waals surface area contributed by atoms with E-state index in [1.54, 1.807) is 12.3 Å². The van der Waals surface area contributed by atoms with Gasteiger partial charge in [-0.05, 0) is 23.8 Å². The summed E-state index contributed by atoms with van der Waals surface area (Å²) in [4.78, 5) is 4.29. The van der Waals surface area contributed by atoms with Crippen molar-refractivity contribution < 1.29 is 4.74 Å². The predicted octanol–water partition coefficient (Wildman–Crippen LogP) is 2.99. The molecule has 0 amide bonds. The molecule has 0 aliphatic heterocycles. The van der Waals surface area contributed by atoms with Gasteiger partial charge in [-0.2, -0.15) is 0 Å². The van der Waals surface area contributed by atoms with Crippen molar-refractivity contribution in [3.05, 3.63) is 58.9 Å².